The van der Waals surface area contributed by atoms with Gasteiger partial charge in [0.15, 0.2) is 29.8 Å². The zero-order chi connectivity index (χ0) is 18.8. The fraction of sp³-hybridized carbons (Fsp3) is 0.214. The summed E-state index contributed by atoms with van der Waals surface area (Å²) in [5.41, 5.74) is -2.64. The van der Waals surface area contributed by atoms with E-state index in [9.17, 15) is 26.7 Å². The van der Waals surface area contributed by atoms with E-state index in [2.05, 4.69) is 15.3 Å². The van der Waals surface area contributed by atoms with Gasteiger partial charge in [0.05, 0.1) is 11.8 Å². The van der Waals surface area contributed by atoms with Gasteiger partial charge in [-0.05, 0) is 23.7 Å². The molecule has 0 radical (unpaired) electrons. The highest BCUT2D eigenvalue weighted by Gasteiger charge is 2.36. The number of nitrogens with zero attached hydrogens (tertiary/aromatic N) is 2. The van der Waals surface area contributed by atoms with Crippen molar-refractivity contribution >= 4 is 23.2 Å². The highest BCUT2D eigenvalue weighted by Crippen LogP contribution is 2.33. The van der Waals surface area contributed by atoms with Gasteiger partial charge in [-0.1, -0.05) is 0 Å². The lowest BCUT2D eigenvalue weighted by molar-refractivity contribution is -0.138. The number of halogens is 6. The number of ether oxygens (including phenoxy) is 1. The van der Waals surface area contributed by atoms with E-state index in [4.69, 9.17) is 16.3 Å². The highest BCUT2D eigenvalue weighted by atomic mass is 35.5. The maximum absolute atomic E-state index is 13.3. The van der Waals surface area contributed by atoms with Gasteiger partial charge in [0.2, 0.25) is 11.1 Å². The van der Waals surface area contributed by atoms with E-state index < -0.39 is 41.3 Å². The second kappa shape index (κ2) is 7.18. The van der Waals surface area contributed by atoms with Crippen LogP contribution in [0.4, 0.5) is 27.8 Å². The Hall–Kier alpha value is -2.49. The van der Waals surface area contributed by atoms with Gasteiger partial charge in [-0.3, -0.25) is 4.79 Å². The van der Waals surface area contributed by atoms with E-state index in [1.807, 2.05) is 0 Å². The van der Waals surface area contributed by atoms with Crippen molar-refractivity contribution in [2.75, 3.05) is 19.0 Å². The molecular weight excluding hydrogens is 373 g/mol. The van der Waals surface area contributed by atoms with Gasteiger partial charge in [-0.2, -0.15) is 18.2 Å². The summed E-state index contributed by atoms with van der Waals surface area (Å²) in [5, 5.41) is 2.47. The lowest BCUT2D eigenvalue weighted by atomic mass is 10.0. The topological polar surface area (TPSA) is 64.1 Å². The average molecular weight is 382 g/mol. The molecule has 134 valence electrons. The number of aromatic nitrogens is 2. The largest absolute Gasteiger partial charge is 0.480 e. The summed E-state index contributed by atoms with van der Waals surface area (Å²) in [6.07, 6.45) is -3.94. The quantitative estimate of drug-likeness (QED) is 0.486. The number of anilines is 1. The Morgan fingerprint density at radius 1 is 1.28 bits per heavy atom. The summed E-state index contributed by atoms with van der Waals surface area (Å²) < 4.78 is 70.2. The Bertz CT molecular complexity index is 814. The van der Waals surface area contributed by atoms with Crippen molar-refractivity contribution in [3.05, 3.63) is 46.4 Å². The molecule has 0 bridgehead atoms. The first-order chi connectivity index (χ1) is 11.6. The molecule has 25 heavy (non-hydrogen) atoms. The van der Waals surface area contributed by atoms with Crippen LogP contribution in [0.5, 0.6) is 5.75 Å². The molecule has 1 heterocycles. The van der Waals surface area contributed by atoms with Crippen LogP contribution in [0.1, 0.15) is 15.9 Å². The molecule has 2 aromatic rings. The minimum Gasteiger partial charge on any atom is -0.480 e. The first-order valence-corrected chi connectivity index (χ1v) is 6.93. The number of Topliss-reactive ketones (excluding diaryl/α,β-unsaturated/α-hetero) is 1. The molecule has 0 saturated carbocycles. The van der Waals surface area contributed by atoms with E-state index in [0.29, 0.717) is 0 Å². The second-order valence-electron chi connectivity index (χ2n) is 4.62. The summed E-state index contributed by atoms with van der Waals surface area (Å²) in [5.74, 6) is -4.47. The maximum atomic E-state index is 13.3. The molecule has 1 aromatic heterocycles. The smallest absolute Gasteiger partial charge is 0.417 e. The maximum Gasteiger partial charge on any atom is 0.417 e. The van der Waals surface area contributed by atoms with Crippen LogP contribution in [0.2, 0.25) is 5.28 Å². The fourth-order valence-corrected chi connectivity index (χ4v) is 2.00. The Morgan fingerprint density at radius 2 is 1.92 bits per heavy atom. The Balaban J connectivity index is 2.29. The van der Waals surface area contributed by atoms with Crippen LogP contribution in [-0.2, 0) is 6.18 Å². The Kier molecular flexibility index (Phi) is 5.41. The van der Waals surface area contributed by atoms with Gasteiger partial charge in [0, 0.05) is 12.6 Å². The molecule has 0 aliphatic rings. The predicted octanol–water partition coefficient (Wildman–Crippen LogP) is 3.73. The van der Waals surface area contributed by atoms with Gasteiger partial charge in [0.25, 0.3) is 0 Å². The first-order valence-electron chi connectivity index (χ1n) is 6.56. The van der Waals surface area contributed by atoms with Crippen molar-refractivity contribution in [2.24, 2.45) is 0 Å². The molecule has 0 spiro atoms. The van der Waals surface area contributed by atoms with Gasteiger partial charge in [-0.25, -0.2) is 13.8 Å². The van der Waals surface area contributed by atoms with Gasteiger partial charge in [-0.15, -0.1) is 0 Å². The monoisotopic (exact) mass is 381 g/mol. The predicted molar refractivity (Wildman–Crippen MR) is 77.8 cm³/mol. The summed E-state index contributed by atoms with van der Waals surface area (Å²) in [6, 6.07) is 0.105. The molecule has 1 N–H and O–H groups in total. The minimum atomic E-state index is -5.04. The minimum absolute atomic E-state index is 0.0589. The molecule has 0 aliphatic carbocycles. The summed E-state index contributed by atoms with van der Waals surface area (Å²) >= 11 is 5.57. The van der Waals surface area contributed by atoms with Crippen molar-refractivity contribution in [2.45, 2.75) is 6.18 Å². The molecule has 0 atom stereocenters. The number of nitrogens with one attached hydrogen (secondary N) is 1. The van der Waals surface area contributed by atoms with E-state index in [-0.39, 0.29) is 29.0 Å². The standard InChI is InChI=1S/C14H9ClF5N3O2/c1-21-12-11(4-22-13(15)23-12)25-5-10(24)6-2-8(16)9(17)3-7(6)14(18,19)20/h2-4H,5H2,1H3,(H,21,22,23). The lowest BCUT2D eigenvalue weighted by Gasteiger charge is -2.14. The SMILES string of the molecule is CNc1nc(Cl)ncc1OCC(=O)c1cc(F)c(F)cc1C(F)(F)F. The van der Waals surface area contributed by atoms with Crippen molar-refractivity contribution in [1.82, 2.24) is 9.97 Å². The number of carbonyl (C=O) groups excluding carboxylic acids is 1. The normalized spacial score (nSPS) is 11.3. The van der Waals surface area contributed by atoms with Crippen molar-refractivity contribution in [3.63, 3.8) is 0 Å². The van der Waals surface area contributed by atoms with Crippen molar-refractivity contribution < 1.29 is 31.5 Å². The fourth-order valence-electron chi connectivity index (χ4n) is 1.87. The zero-order valence-electron chi connectivity index (χ0n) is 12.4. The van der Waals surface area contributed by atoms with E-state index in [1.54, 1.807) is 0 Å². The molecule has 0 unspecified atom stereocenters. The van der Waals surface area contributed by atoms with Crippen LogP contribution in [-0.4, -0.2) is 29.4 Å². The van der Waals surface area contributed by atoms with Crippen LogP contribution in [0.3, 0.4) is 0 Å². The molecule has 0 amide bonds. The number of benzene rings is 1. The number of hydrogen-bond acceptors (Lipinski definition) is 5. The van der Waals surface area contributed by atoms with Gasteiger partial charge in [0.1, 0.15) is 0 Å². The van der Waals surface area contributed by atoms with Crippen LogP contribution < -0.4 is 10.1 Å². The van der Waals surface area contributed by atoms with E-state index in [1.165, 1.54) is 7.05 Å². The van der Waals surface area contributed by atoms with Crippen LogP contribution >= 0.6 is 11.6 Å². The third-order valence-electron chi connectivity index (χ3n) is 2.99. The summed E-state index contributed by atoms with van der Waals surface area (Å²) in [7, 11) is 1.46. The molecule has 0 saturated heterocycles. The van der Waals surface area contributed by atoms with E-state index >= 15 is 0 Å². The van der Waals surface area contributed by atoms with Crippen molar-refractivity contribution in [3.8, 4) is 5.75 Å². The lowest BCUT2D eigenvalue weighted by Crippen LogP contribution is -2.19. The molecule has 0 fully saturated rings. The number of alkyl halides is 3. The summed E-state index contributed by atoms with van der Waals surface area (Å²) in [4.78, 5) is 19.4. The van der Waals surface area contributed by atoms with Crippen LogP contribution in [0, 0.1) is 11.6 Å². The zero-order valence-corrected chi connectivity index (χ0v) is 13.2. The molecule has 0 aliphatic heterocycles. The number of rotatable bonds is 5. The Morgan fingerprint density at radius 3 is 2.52 bits per heavy atom. The number of carbonyl (C=O) groups is 1. The van der Waals surface area contributed by atoms with Gasteiger partial charge < -0.3 is 10.1 Å². The summed E-state index contributed by atoms with van der Waals surface area (Å²) in [6.45, 7) is -0.881. The number of hydrogen-bond donors (Lipinski definition) is 1. The average Bonchev–Trinajstić information content (AvgIpc) is 2.54. The molecule has 11 heteroatoms. The Labute approximate surface area is 142 Å². The van der Waals surface area contributed by atoms with Crippen LogP contribution in [0.15, 0.2) is 18.3 Å². The molecule has 1 aromatic carbocycles. The second-order valence-corrected chi connectivity index (χ2v) is 4.96. The molecule has 2 rings (SSSR count). The van der Waals surface area contributed by atoms with E-state index in [0.717, 1.165) is 6.20 Å². The van der Waals surface area contributed by atoms with Crippen molar-refractivity contribution in [1.29, 1.82) is 0 Å². The first kappa shape index (κ1) is 18.8. The van der Waals surface area contributed by atoms with Gasteiger partial charge >= 0.3 is 6.18 Å². The molecule has 5 nitrogen and oxygen atoms in total. The third kappa shape index (κ3) is 4.32. The number of ketones is 1. The molecular formula is C14H9ClF5N3O2. The third-order valence-corrected chi connectivity index (χ3v) is 3.17. The highest BCUT2D eigenvalue weighted by molar-refractivity contribution is 6.28. The van der Waals surface area contributed by atoms with Crippen LogP contribution in [0.25, 0.3) is 0 Å².